The van der Waals surface area contributed by atoms with Gasteiger partial charge in [-0.3, -0.25) is 4.79 Å². The van der Waals surface area contributed by atoms with Gasteiger partial charge in [0.2, 0.25) is 0 Å². The summed E-state index contributed by atoms with van der Waals surface area (Å²) in [5.41, 5.74) is 2.14. The molecule has 1 atom stereocenters. The third-order valence-corrected chi connectivity index (χ3v) is 3.77. The molecular formula is C18H17ClFNO3. The van der Waals surface area contributed by atoms with Crippen LogP contribution in [0.25, 0.3) is 0 Å². The summed E-state index contributed by atoms with van der Waals surface area (Å²) >= 11 is 5.75. The van der Waals surface area contributed by atoms with E-state index in [1.807, 2.05) is 32.0 Å². The zero-order valence-corrected chi connectivity index (χ0v) is 14.3. The quantitative estimate of drug-likeness (QED) is 0.838. The van der Waals surface area contributed by atoms with Crippen LogP contribution in [-0.2, 0) is 9.53 Å². The number of ether oxygens (including phenoxy) is 1. The Hall–Kier alpha value is -2.40. The Morgan fingerprint density at radius 1 is 1.17 bits per heavy atom. The average molecular weight is 350 g/mol. The molecule has 0 unspecified atom stereocenters. The second-order valence-electron chi connectivity index (χ2n) is 5.43. The van der Waals surface area contributed by atoms with Crippen molar-refractivity contribution in [2.45, 2.75) is 26.9 Å². The topological polar surface area (TPSA) is 55.4 Å². The minimum Gasteiger partial charge on any atom is -0.449 e. The molecule has 0 aliphatic heterocycles. The second kappa shape index (κ2) is 7.45. The van der Waals surface area contributed by atoms with Gasteiger partial charge in [-0.15, -0.1) is 0 Å². The van der Waals surface area contributed by atoms with Gasteiger partial charge in [-0.1, -0.05) is 29.8 Å². The number of benzene rings is 2. The predicted molar refractivity (Wildman–Crippen MR) is 90.8 cm³/mol. The maximum Gasteiger partial charge on any atom is 0.341 e. The molecule has 1 N–H and O–H groups in total. The van der Waals surface area contributed by atoms with Crippen molar-refractivity contribution < 1.29 is 18.7 Å². The first-order valence-electron chi connectivity index (χ1n) is 7.32. The zero-order chi connectivity index (χ0) is 17.9. The van der Waals surface area contributed by atoms with Gasteiger partial charge >= 0.3 is 5.97 Å². The highest BCUT2D eigenvalue weighted by molar-refractivity contribution is 6.30. The van der Waals surface area contributed by atoms with Crippen molar-refractivity contribution in [3.05, 3.63) is 63.9 Å². The van der Waals surface area contributed by atoms with E-state index in [2.05, 4.69) is 5.32 Å². The minimum absolute atomic E-state index is 0.205. The van der Waals surface area contributed by atoms with Crippen LogP contribution in [0.5, 0.6) is 0 Å². The van der Waals surface area contributed by atoms with E-state index in [-0.39, 0.29) is 10.6 Å². The molecule has 0 heterocycles. The average Bonchev–Trinajstić information content (AvgIpc) is 2.53. The zero-order valence-electron chi connectivity index (χ0n) is 13.5. The van der Waals surface area contributed by atoms with E-state index >= 15 is 0 Å². The van der Waals surface area contributed by atoms with Gasteiger partial charge in [0.15, 0.2) is 6.10 Å². The van der Waals surface area contributed by atoms with E-state index in [4.69, 9.17) is 16.3 Å². The summed E-state index contributed by atoms with van der Waals surface area (Å²) in [7, 11) is 0. The Morgan fingerprint density at radius 3 is 2.42 bits per heavy atom. The molecule has 24 heavy (non-hydrogen) atoms. The fraction of sp³-hybridized carbons (Fsp3) is 0.222. The highest BCUT2D eigenvalue weighted by atomic mass is 35.5. The van der Waals surface area contributed by atoms with Crippen LogP contribution in [0.3, 0.4) is 0 Å². The highest BCUT2D eigenvalue weighted by Crippen LogP contribution is 2.20. The Morgan fingerprint density at radius 2 is 1.79 bits per heavy atom. The summed E-state index contributed by atoms with van der Waals surface area (Å²) < 4.78 is 18.7. The molecular weight excluding hydrogens is 333 g/mol. The van der Waals surface area contributed by atoms with Crippen LogP contribution in [0, 0.1) is 19.7 Å². The van der Waals surface area contributed by atoms with Crippen LogP contribution in [-0.4, -0.2) is 18.0 Å². The number of para-hydroxylation sites is 1. The lowest BCUT2D eigenvalue weighted by Gasteiger charge is -2.16. The van der Waals surface area contributed by atoms with E-state index in [1.54, 1.807) is 0 Å². The maximum atomic E-state index is 13.7. The number of halogens is 2. The lowest BCUT2D eigenvalue weighted by atomic mass is 10.1. The van der Waals surface area contributed by atoms with E-state index in [1.165, 1.54) is 13.0 Å². The van der Waals surface area contributed by atoms with Crippen LogP contribution in [0.4, 0.5) is 10.1 Å². The smallest absolute Gasteiger partial charge is 0.341 e. The lowest BCUT2D eigenvalue weighted by molar-refractivity contribution is -0.123. The van der Waals surface area contributed by atoms with Crippen molar-refractivity contribution in [1.82, 2.24) is 0 Å². The third kappa shape index (κ3) is 4.11. The monoisotopic (exact) mass is 349 g/mol. The standard InChI is InChI=1S/C18H17ClFNO3/c1-10-5-4-6-11(2)16(10)21-17(22)12(3)24-18(23)14-9-13(19)7-8-15(14)20/h4-9,12H,1-3H3,(H,21,22)/t12-/m0/s1. The number of rotatable bonds is 4. The molecule has 0 spiro atoms. The summed E-state index contributed by atoms with van der Waals surface area (Å²) in [6.45, 7) is 5.14. The van der Waals surface area contributed by atoms with Crippen LogP contribution in [0.1, 0.15) is 28.4 Å². The van der Waals surface area contributed by atoms with Gasteiger partial charge in [-0.2, -0.15) is 0 Å². The third-order valence-electron chi connectivity index (χ3n) is 3.53. The maximum absolute atomic E-state index is 13.7. The fourth-order valence-electron chi connectivity index (χ4n) is 2.17. The molecule has 0 saturated heterocycles. The van der Waals surface area contributed by atoms with Gasteiger partial charge < -0.3 is 10.1 Å². The summed E-state index contributed by atoms with van der Waals surface area (Å²) in [6.07, 6.45) is -1.09. The fourth-order valence-corrected chi connectivity index (χ4v) is 2.34. The molecule has 1 amide bonds. The molecule has 2 rings (SSSR count). The first-order chi connectivity index (χ1) is 11.3. The normalized spacial score (nSPS) is 11.7. The number of carbonyl (C=O) groups is 2. The van der Waals surface area contributed by atoms with Crippen LogP contribution in [0.15, 0.2) is 36.4 Å². The summed E-state index contributed by atoms with van der Waals surface area (Å²) in [6, 6.07) is 9.16. The lowest BCUT2D eigenvalue weighted by Crippen LogP contribution is -2.30. The SMILES string of the molecule is Cc1cccc(C)c1NC(=O)[C@H](C)OC(=O)c1cc(Cl)ccc1F. The molecule has 2 aromatic rings. The molecule has 0 fully saturated rings. The van der Waals surface area contributed by atoms with E-state index in [9.17, 15) is 14.0 Å². The molecule has 0 aromatic heterocycles. The van der Waals surface area contributed by atoms with Crippen LogP contribution in [0.2, 0.25) is 5.02 Å². The Bertz CT molecular complexity index is 772. The van der Waals surface area contributed by atoms with Gasteiger partial charge in [0, 0.05) is 10.7 Å². The van der Waals surface area contributed by atoms with Crippen LogP contribution < -0.4 is 5.32 Å². The van der Waals surface area contributed by atoms with E-state index in [0.29, 0.717) is 5.69 Å². The van der Waals surface area contributed by atoms with Crippen molar-refractivity contribution in [2.24, 2.45) is 0 Å². The first-order valence-corrected chi connectivity index (χ1v) is 7.70. The number of anilines is 1. The Balaban J connectivity index is 2.09. The molecule has 0 aliphatic rings. The number of esters is 1. The van der Waals surface area contributed by atoms with Gasteiger partial charge in [0.25, 0.3) is 5.91 Å². The van der Waals surface area contributed by atoms with Gasteiger partial charge in [-0.25, -0.2) is 9.18 Å². The summed E-state index contributed by atoms with van der Waals surface area (Å²) in [5, 5.41) is 2.93. The molecule has 2 aromatic carbocycles. The van der Waals surface area contributed by atoms with Crippen molar-refractivity contribution in [3.63, 3.8) is 0 Å². The predicted octanol–water partition coefficient (Wildman–Crippen LogP) is 4.28. The Kier molecular flexibility index (Phi) is 5.57. The number of aryl methyl sites for hydroxylation is 2. The number of hydrogen-bond acceptors (Lipinski definition) is 3. The molecule has 126 valence electrons. The minimum atomic E-state index is -1.09. The molecule has 6 heteroatoms. The summed E-state index contributed by atoms with van der Waals surface area (Å²) in [4.78, 5) is 24.2. The van der Waals surface area contributed by atoms with Gasteiger partial charge in [0.1, 0.15) is 5.82 Å². The molecule has 4 nitrogen and oxygen atoms in total. The van der Waals surface area contributed by atoms with E-state index < -0.39 is 23.8 Å². The van der Waals surface area contributed by atoms with Gasteiger partial charge in [0.05, 0.1) is 5.56 Å². The van der Waals surface area contributed by atoms with Crippen LogP contribution >= 0.6 is 11.6 Å². The van der Waals surface area contributed by atoms with Crippen molar-refractivity contribution in [3.8, 4) is 0 Å². The summed E-state index contributed by atoms with van der Waals surface area (Å²) in [5.74, 6) is -2.20. The number of nitrogens with one attached hydrogen (secondary N) is 1. The number of carbonyl (C=O) groups excluding carboxylic acids is 2. The highest BCUT2D eigenvalue weighted by Gasteiger charge is 2.22. The molecule has 0 radical (unpaired) electrons. The number of amides is 1. The molecule has 0 aliphatic carbocycles. The molecule has 0 saturated carbocycles. The largest absolute Gasteiger partial charge is 0.449 e. The molecule has 0 bridgehead atoms. The van der Waals surface area contributed by atoms with E-state index in [0.717, 1.165) is 23.3 Å². The Labute approximate surface area is 144 Å². The van der Waals surface area contributed by atoms with Gasteiger partial charge in [-0.05, 0) is 50.1 Å². The van der Waals surface area contributed by atoms with Crippen molar-refractivity contribution >= 4 is 29.2 Å². The van der Waals surface area contributed by atoms with Crippen molar-refractivity contribution in [2.75, 3.05) is 5.32 Å². The number of hydrogen-bond donors (Lipinski definition) is 1. The first kappa shape index (κ1) is 17.9. The second-order valence-corrected chi connectivity index (χ2v) is 5.86. The van der Waals surface area contributed by atoms with Crippen molar-refractivity contribution in [1.29, 1.82) is 0 Å².